The zero-order chi connectivity index (χ0) is 24.2. The number of aryl methyl sites for hydroxylation is 1. The molecule has 0 aliphatic rings. The van der Waals surface area contributed by atoms with Crippen molar-refractivity contribution in [3.05, 3.63) is 94.0 Å². The predicted molar refractivity (Wildman–Crippen MR) is 128 cm³/mol. The summed E-state index contributed by atoms with van der Waals surface area (Å²) in [5.74, 6) is -0.357. The molecule has 0 aromatic heterocycles. The Morgan fingerprint density at radius 2 is 1.67 bits per heavy atom. The third kappa shape index (κ3) is 5.56. The molecule has 0 aliphatic carbocycles. The van der Waals surface area contributed by atoms with E-state index in [4.69, 9.17) is 0 Å². The van der Waals surface area contributed by atoms with E-state index in [0.717, 1.165) is 9.87 Å². The number of carbonyl (C=O) groups excluding carboxylic acids is 1. The maximum Gasteiger partial charge on any atom is 0.271 e. The van der Waals surface area contributed by atoms with Gasteiger partial charge in [0.15, 0.2) is 0 Å². The molecule has 172 valence electrons. The van der Waals surface area contributed by atoms with E-state index < -0.39 is 27.4 Å². The van der Waals surface area contributed by atoms with Gasteiger partial charge in [0.25, 0.3) is 15.7 Å². The molecule has 0 saturated heterocycles. The Kier molecular flexibility index (Phi) is 7.13. The molecule has 0 fully saturated rings. The maximum atomic E-state index is 13.4. The molecule has 3 aromatic rings. The zero-order valence-electron chi connectivity index (χ0n) is 18.6. The van der Waals surface area contributed by atoms with Crippen LogP contribution in [0.15, 0.2) is 77.7 Å². The number of sulfonamides is 1. The normalized spacial score (nSPS) is 11.3. The number of hydrogen-bond donors (Lipinski definition) is 1. The van der Waals surface area contributed by atoms with Crippen LogP contribution in [0, 0.1) is 17.0 Å². The van der Waals surface area contributed by atoms with Gasteiger partial charge in [0.2, 0.25) is 5.91 Å². The van der Waals surface area contributed by atoms with E-state index in [1.807, 2.05) is 26.0 Å². The monoisotopic (exact) mass is 467 g/mol. The Morgan fingerprint density at radius 3 is 2.24 bits per heavy atom. The number of nitro benzene ring substituents is 1. The molecule has 0 spiro atoms. The molecule has 8 nitrogen and oxygen atoms in total. The molecular formula is C24H25N3O5S. The van der Waals surface area contributed by atoms with Gasteiger partial charge in [0, 0.05) is 12.1 Å². The van der Waals surface area contributed by atoms with Crippen molar-refractivity contribution in [3.63, 3.8) is 0 Å². The molecule has 3 aromatic carbocycles. The largest absolute Gasteiger partial charge is 0.324 e. The summed E-state index contributed by atoms with van der Waals surface area (Å²) in [7, 11) is -4.04. The first-order valence-electron chi connectivity index (χ1n) is 10.3. The SMILES string of the molecule is Cc1ccc([N+](=O)[O-])cc1NC(=O)CN(c1ccc(C(C)C)cc1)S(=O)(=O)c1ccccc1. The van der Waals surface area contributed by atoms with Crippen LogP contribution in [0.2, 0.25) is 0 Å². The van der Waals surface area contributed by atoms with E-state index in [-0.39, 0.29) is 22.2 Å². The molecule has 0 atom stereocenters. The Labute approximate surface area is 193 Å². The number of rotatable bonds is 8. The van der Waals surface area contributed by atoms with E-state index in [0.29, 0.717) is 11.3 Å². The molecule has 0 unspecified atom stereocenters. The summed E-state index contributed by atoms with van der Waals surface area (Å²) in [5.41, 5.74) is 2.07. The van der Waals surface area contributed by atoms with Crippen molar-refractivity contribution in [2.75, 3.05) is 16.2 Å². The van der Waals surface area contributed by atoms with Crippen LogP contribution in [0.3, 0.4) is 0 Å². The second kappa shape index (κ2) is 9.83. The highest BCUT2D eigenvalue weighted by molar-refractivity contribution is 7.92. The fraction of sp³-hybridized carbons (Fsp3) is 0.208. The van der Waals surface area contributed by atoms with Crippen LogP contribution in [-0.4, -0.2) is 25.8 Å². The maximum absolute atomic E-state index is 13.4. The number of amides is 1. The average molecular weight is 468 g/mol. The lowest BCUT2D eigenvalue weighted by Crippen LogP contribution is -2.38. The van der Waals surface area contributed by atoms with Crippen molar-refractivity contribution in [2.24, 2.45) is 0 Å². The quantitative estimate of drug-likeness (QED) is 0.376. The second-order valence-electron chi connectivity index (χ2n) is 7.88. The minimum Gasteiger partial charge on any atom is -0.324 e. The molecule has 0 saturated carbocycles. The van der Waals surface area contributed by atoms with Crippen molar-refractivity contribution in [3.8, 4) is 0 Å². The molecule has 33 heavy (non-hydrogen) atoms. The first kappa shape index (κ1) is 23.9. The Balaban J connectivity index is 1.95. The fourth-order valence-corrected chi connectivity index (χ4v) is 4.68. The van der Waals surface area contributed by atoms with Crippen molar-refractivity contribution in [2.45, 2.75) is 31.6 Å². The fourth-order valence-electron chi connectivity index (χ4n) is 3.24. The standard InChI is InChI=1S/C24H25N3O5S/c1-17(2)19-10-13-20(14-11-19)26(33(31,32)22-7-5-4-6-8-22)16-24(28)25-23-15-21(27(29)30)12-9-18(23)3/h4-15,17H,16H2,1-3H3,(H,25,28). The lowest BCUT2D eigenvalue weighted by atomic mass is 10.0. The van der Waals surface area contributed by atoms with Gasteiger partial charge in [-0.3, -0.25) is 19.2 Å². The van der Waals surface area contributed by atoms with Gasteiger partial charge in [-0.1, -0.05) is 50.2 Å². The van der Waals surface area contributed by atoms with Gasteiger partial charge < -0.3 is 5.32 Å². The van der Waals surface area contributed by atoms with Crippen LogP contribution in [0.25, 0.3) is 0 Å². The summed E-state index contributed by atoms with van der Waals surface area (Å²) >= 11 is 0. The van der Waals surface area contributed by atoms with Crippen LogP contribution >= 0.6 is 0 Å². The Bertz CT molecular complexity index is 1260. The third-order valence-electron chi connectivity index (χ3n) is 5.17. The lowest BCUT2D eigenvalue weighted by molar-refractivity contribution is -0.384. The number of non-ortho nitro benzene ring substituents is 1. The van der Waals surface area contributed by atoms with Crippen molar-refractivity contribution in [1.82, 2.24) is 0 Å². The van der Waals surface area contributed by atoms with Gasteiger partial charge in [-0.25, -0.2) is 8.42 Å². The van der Waals surface area contributed by atoms with Crippen LogP contribution in [0.1, 0.15) is 30.9 Å². The Hall–Kier alpha value is -3.72. The molecule has 9 heteroatoms. The lowest BCUT2D eigenvalue weighted by Gasteiger charge is -2.24. The summed E-state index contributed by atoms with van der Waals surface area (Å²) < 4.78 is 27.8. The highest BCUT2D eigenvalue weighted by Crippen LogP contribution is 2.27. The highest BCUT2D eigenvalue weighted by atomic mass is 32.2. The van der Waals surface area contributed by atoms with Gasteiger partial charge in [0.1, 0.15) is 6.54 Å². The van der Waals surface area contributed by atoms with Crippen LogP contribution < -0.4 is 9.62 Å². The summed E-state index contributed by atoms with van der Waals surface area (Å²) in [6, 6.07) is 19.0. The van der Waals surface area contributed by atoms with Gasteiger partial charge >= 0.3 is 0 Å². The van der Waals surface area contributed by atoms with Crippen LogP contribution in [-0.2, 0) is 14.8 Å². The molecule has 1 amide bonds. The number of benzene rings is 3. The Morgan fingerprint density at radius 1 is 1.03 bits per heavy atom. The van der Waals surface area contributed by atoms with Gasteiger partial charge in [-0.15, -0.1) is 0 Å². The number of nitrogens with zero attached hydrogens (tertiary/aromatic N) is 2. The molecule has 0 heterocycles. The first-order valence-corrected chi connectivity index (χ1v) is 11.8. The van der Waals surface area contributed by atoms with Crippen molar-refractivity contribution >= 4 is 33.0 Å². The molecule has 3 rings (SSSR count). The van der Waals surface area contributed by atoms with E-state index in [1.165, 1.54) is 30.3 Å². The summed E-state index contributed by atoms with van der Waals surface area (Å²) in [4.78, 5) is 23.5. The molecule has 0 radical (unpaired) electrons. The minimum absolute atomic E-state index is 0.0530. The predicted octanol–water partition coefficient (Wildman–Crippen LogP) is 4.86. The highest BCUT2D eigenvalue weighted by Gasteiger charge is 2.27. The average Bonchev–Trinajstić information content (AvgIpc) is 2.79. The first-order chi connectivity index (χ1) is 15.6. The number of hydrogen-bond acceptors (Lipinski definition) is 5. The second-order valence-corrected chi connectivity index (χ2v) is 9.74. The van der Waals surface area contributed by atoms with E-state index in [9.17, 15) is 23.3 Å². The molecule has 1 N–H and O–H groups in total. The van der Waals surface area contributed by atoms with E-state index in [2.05, 4.69) is 5.32 Å². The van der Waals surface area contributed by atoms with Gasteiger partial charge in [-0.2, -0.15) is 0 Å². The smallest absolute Gasteiger partial charge is 0.271 e. The van der Waals surface area contributed by atoms with E-state index >= 15 is 0 Å². The third-order valence-corrected chi connectivity index (χ3v) is 6.96. The van der Waals surface area contributed by atoms with Gasteiger partial charge in [-0.05, 0) is 48.2 Å². The minimum atomic E-state index is -4.04. The summed E-state index contributed by atoms with van der Waals surface area (Å²) in [6.07, 6.45) is 0. The molecular weight excluding hydrogens is 442 g/mol. The topological polar surface area (TPSA) is 110 Å². The molecule has 0 bridgehead atoms. The van der Waals surface area contributed by atoms with Crippen molar-refractivity contribution < 1.29 is 18.1 Å². The number of nitro groups is 1. The van der Waals surface area contributed by atoms with E-state index in [1.54, 1.807) is 37.3 Å². The summed E-state index contributed by atoms with van der Waals surface area (Å²) in [6.45, 7) is 5.26. The van der Waals surface area contributed by atoms with Crippen LogP contribution in [0.5, 0.6) is 0 Å². The van der Waals surface area contributed by atoms with Crippen molar-refractivity contribution in [1.29, 1.82) is 0 Å². The zero-order valence-corrected chi connectivity index (χ0v) is 19.4. The van der Waals surface area contributed by atoms with Crippen LogP contribution in [0.4, 0.5) is 17.1 Å². The number of anilines is 2. The number of carbonyl (C=O) groups is 1. The summed E-state index contributed by atoms with van der Waals surface area (Å²) in [5, 5.41) is 13.7. The van der Waals surface area contributed by atoms with Gasteiger partial charge in [0.05, 0.1) is 21.2 Å². The molecule has 0 aliphatic heterocycles. The number of nitrogens with one attached hydrogen (secondary N) is 1.